The van der Waals surface area contributed by atoms with Gasteiger partial charge in [0.2, 0.25) is 15.9 Å². The first-order valence-electron chi connectivity index (χ1n) is 9.47. The summed E-state index contributed by atoms with van der Waals surface area (Å²) in [7, 11) is 0.215. The van der Waals surface area contributed by atoms with Crippen molar-refractivity contribution in [2.75, 3.05) is 33.1 Å². The van der Waals surface area contributed by atoms with Crippen LogP contribution in [0, 0.1) is 0 Å². The molecule has 1 N–H and O–H groups in total. The Balaban J connectivity index is 2.28. The monoisotopic (exact) mass is 498 g/mol. The molecule has 0 bridgehead atoms. The van der Waals surface area contributed by atoms with Gasteiger partial charge in [-0.1, -0.05) is 29.8 Å². The van der Waals surface area contributed by atoms with E-state index in [2.05, 4.69) is 21.2 Å². The summed E-state index contributed by atoms with van der Waals surface area (Å²) in [6.07, 6.45) is 1.47. The van der Waals surface area contributed by atoms with Crippen LogP contribution >= 0.6 is 15.9 Å². The van der Waals surface area contributed by atoms with Crippen molar-refractivity contribution in [3.8, 4) is 11.5 Å². The summed E-state index contributed by atoms with van der Waals surface area (Å²) in [5.74, 6) is 0.134. The molecule has 0 atom stereocenters. The lowest BCUT2D eigenvalue weighted by Crippen LogP contribution is -2.35. The van der Waals surface area contributed by atoms with Crippen LogP contribution in [0.3, 0.4) is 0 Å². The topological polar surface area (TPSA) is 84.9 Å². The zero-order valence-electron chi connectivity index (χ0n) is 17.8. The number of aryl methyl sites for hydroxylation is 2. The van der Waals surface area contributed by atoms with Gasteiger partial charge in [-0.05, 0) is 48.2 Å². The Hall–Kier alpha value is -2.10. The van der Waals surface area contributed by atoms with E-state index in [1.165, 1.54) is 33.4 Å². The fourth-order valence-electron chi connectivity index (χ4n) is 3.06. The quantitative estimate of drug-likeness (QED) is 0.567. The minimum absolute atomic E-state index is 0.0632. The third kappa shape index (κ3) is 5.33. The smallest absolute Gasteiger partial charge is 0.247 e. The van der Waals surface area contributed by atoms with E-state index < -0.39 is 15.9 Å². The molecular formula is C21H27BrN2O5S. The van der Waals surface area contributed by atoms with Crippen molar-refractivity contribution >= 4 is 37.5 Å². The molecule has 164 valence electrons. The van der Waals surface area contributed by atoms with E-state index in [0.717, 1.165) is 38.4 Å². The average molecular weight is 499 g/mol. The number of rotatable bonds is 9. The zero-order valence-corrected chi connectivity index (χ0v) is 20.2. The van der Waals surface area contributed by atoms with Crippen LogP contribution in [-0.2, 0) is 27.7 Å². The maximum atomic E-state index is 13.1. The number of likely N-dealkylation sites (N-methyl/N-ethyl adjacent to an activating group) is 1. The number of carbonyl (C=O) groups excluding carboxylic acids is 1. The average Bonchev–Trinajstić information content (AvgIpc) is 2.73. The van der Waals surface area contributed by atoms with Gasteiger partial charge in [0, 0.05) is 23.3 Å². The molecule has 2 aromatic carbocycles. The van der Waals surface area contributed by atoms with Gasteiger partial charge in [0.25, 0.3) is 0 Å². The lowest BCUT2D eigenvalue weighted by Gasteiger charge is -2.20. The van der Waals surface area contributed by atoms with E-state index in [1.54, 1.807) is 6.07 Å². The number of halogens is 1. The van der Waals surface area contributed by atoms with E-state index in [4.69, 9.17) is 9.47 Å². The van der Waals surface area contributed by atoms with Gasteiger partial charge in [-0.25, -0.2) is 8.42 Å². The number of carbonyl (C=O) groups is 1. The van der Waals surface area contributed by atoms with Crippen LogP contribution < -0.4 is 14.8 Å². The first kappa shape index (κ1) is 24.2. The number of hydrogen-bond donors (Lipinski definition) is 1. The van der Waals surface area contributed by atoms with E-state index in [9.17, 15) is 13.2 Å². The minimum Gasteiger partial charge on any atom is -0.497 e. The molecule has 0 fully saturated rings. The van der Waals surface area contributed by atoms with Crippen LogP contribution in [0.25, 0.3) is 0 Å². The van der Waals surface area contributed by atoms with Crippen LogP contribution in [0.15, 0.2) is 39.7 Å². The van der Waals surface area contributed by atoms with E-state index >= 15 is 0 Å². The standard InChI is InChI=1S/C21H27BrN2O5S/c1-6-14-10-16(22)11-15(7-2)21(14)23-20(25)13-24(3)30(26,27)19-12-17(28-4)8-9-18(19)29-5/h8-12H,6-7,13H2,1-5H3,(H,23,25). The number of anilines is 1. The van der Waals surface area contributed by atoms with E-state index in [0.29, 0.717) is 5.75 Å². The molecule has 2 aromatic rings. The summed E-state index contributed by atoms with van der Waals surface area (Å²) in [5.41, 5.74) is 2.70. The third-order valence-corrected chi connectivity index (χ3v) is 7.00. The Morgan fingerprint density at radius 2 is 1.67 bits per heavy atom. The summed E-state index contributed by atoms with van der Waals surface area (Å²) in [6, 6.07) is 8.41. The fourth-order valence-corrected chi connectivity index (χ4v) is 4.91. The van der Waals surface area contributed by atoms with Gasteiger partial charge in [-0.15, -0.1) is 0 Å². The predicted octanol–water partition coefficient (Wildman–Crippen LogP) is 3.85. The Morgan fingerprint density at radius 3 is 2.17 bits per heavy atom. The highest BCUT2D eigenvalue weighted by Crippen LogP contribution is 2.31. The predicted molar refractivity (Wildman–Crippen MR) is 121 cm³/mol. The maximum Gasteiger partial charge on any atom is 0.247 e. The molecular weight excluding hydrogens is 472 g/mol. The third-order valence-electron chi connectivity index (χ3n) is 4.72. The molecule has 0 radical (unpaired) electrons. The van der Waals surface area contributed by atoms with Crippen molar-refractivity contribution in [1.29, 1.82) is 0 Å². The Kier molecular flexibility index (Phi) is 8.28. The molecule has 0 spiro atoms. The molecule has 0 heterocycles. The summed E-state index contributed by atoms with van der Waals surface area (Å²) >= 11 is 3.49. The molecule has 2 rings (SSSR count). The molecule has 7 nitrogen and oxygen atoms in total. The SMILES string of the molecule is CCc1cc(Br)cc(CC)c1NC(=O)CN(C)S(=O)(=O)c1cc(OC)ccc1OC. The van der Waals surface area contributed by atoms with Gasteiger partial charge in [0.05, 0.1) is 20.8 Å². The van der Waals surface area contributed by atoms with E-state index in [1.807, 2.05) is 26.0 Å². The first-order valence-corrected chi connectivity index (χ1v) is 11.7. The van der Waals surface area contributed by atoms with Gasteiger partial charge in [-0.3, -0.25) is 4.79 Å². The van der Waals surface area contributed by atoms with Crippen molar-refractivity contribution in [3.63, 3.8) is 0 Å². The van der Waals surface area contributed by atoms with Crippen molar-refractivity contribution in [2.24, 2.45) is 0 Å². The number of nitrogens with zero attached hydrogens (tertiary/aromatic N) is 1. The number of methoxy groups -OCH3 is 2. The van der Waals surface area contributed by atoms with E-state index in [-0.39, 0.29) is 17.2 Å². The maximum absolute atomic E-state index is 13.1. The molecule has 0 aliphatic heterocycles. The normalized spacial score (nSPS) is 11.4. The molecule has 1 amide bonds. The van der Waals surface area contributed by atoms with Crippen molar-refractivity contribution < 1.29 is 22.7 Å². The van der Waals surface area contributed by atoms with Crippen LogP contribution in [0.1, 0.15) is 25.0 Å². The summed E-state index contributed by atoms with van der Waals surface area (Å²) in [5, 5.41) is 2.89. The van der Waals surface area contributed by atoms with Crippen LogP contribution in [0.4, 0.5) is 5.69 Å². The largest absolute Gasteiger partial charge is 0.497 e. The Morgan fingerprint density at radius 1 is 1.07 bits per heavy atom. The van der Waals surface area contributed by atoms with Gasteiger partial charge < -0.3 is 14.8 Å². The number of hydrogen-bond acceptors (Lipinski definition) is 5. The van der Waals surface area contributed by atoms with Gasteiger partial charge >= 0.3 is 0 Å². The molecule has 0 saturated heterocycles. The minimum atomic E-state index is -3.98. The molecule has 0 aliphatic rings. The molecule has 0 aliphatic carbocycles. The van der Waals surface area contributed by atoms with Crippen LogP contribution in [-0.4, -0.2) is 46.4 Å². The fraction of sp³-hybridized carbons (Fsp3) is 0.381. The highest BCUT2D eigenvalue weighted by molar-refractivity contribution is 9.10. The second-order valence-electron chi connectivity index (χ2n) is 6.63. The number of nitrogens with one attached hydrogen (secondary N) is 1. The number of amides is 1. The van der Waals surface area contributed by atoms with Gasteiger partial charge in [0.15, 0.2) is 0 Å². The number of benzene rings is 2. The van der Waals surface area contributed by atoms with Gasteiger partial charge in [0.1, 0.15) is 16.4 Å². The summed E-state index contributed by atoms with van der Waals surface area (Å²) in [4.78, 5) is 12.7. The lowest BCUT2D eigenvalue weighted by molar-refractivity contribution is -0.116. The highest BCUT2D eigenvalue weighted by Gasteiger charge is 2.27. The van der Waals surface area contributed by atoms with Crippen LogP contribution in [0.2, 0.25) is 0 Å². The second kappa shape index (κ2) is 10.3. The number of ether oxygens (including phenoxy) is 2. The second-order valence-corrected chi connectivity index (χ2v) is 9.56. The molecule has 0 aromatic heterocycles. The zero-order chi connectivity index (χ0) is 22.5. The first-order chi connectivity index (χ1) is 14.2. The van der Waals surface area contributed by atoms with Crippen molar-refractivity contribution in [1.82, 2.24) is 4.31 Å². The van der Waals surface area contributed by atoms with Crippen molar-refractivity contribution in [3.05, 3.63) is 45.9 Å². The number of sulfonamides is 1. The Bertz CT molecular complexity index is 999. The highest BCUT2D eigenvalue weighted by atomic mass is 79.9. The Labute approximate surface area is 186 Å². The van der Waals surface area contributed by atoms with Crippen LogP contribution in [0.5, 0.6) is 11.5 Å². The van der Waals surface area contributed by atoms with Crippen molar-refractivity contribution in [2.45, 2.75) is 31.6 Å². The summed E-state index contributed by atoms with van der Waals surface area (Å²) in [6.45, 7) is 3.66. The molecule has 0 saturated carbocycles. The lowest BCUT2D eigenvalue weighted by atomic mass is 10.0. The molecule has 30 heavy (non-hydrogen) atoms. The summed E-state index contributed by atoms with van der Waals surface area (Å²) < 4.78 is 38.4. The molecule has 0 unspecified atom stereocenters. The van der Waals surface area contributed by atoms with Gasteiger partial charge in [-0.2, -0.15) is 4.31 Å². The molecule has 9 heteroatoms.